The lowest BCUT2D eigenvalue weighted by Crippen LogP contribution is -2.40. The second-order valence-corrected chi connectivity index (χ2v) is 7.06. The summed E-state index contributed by atoms with van der Waals surface area (Å²) in [5.41, 5.74) is 0. The molecule has 0 spiro atoms. The summed E-state index contributed by atoms with van der Waals surface area (Å²) in [4.78, 5) is 34.3. The number of carbonyl (C=O) groups is 3. The molecule has 0 amide bonds. The average molecular weight is 400 g/mol. The number of carboxylic acids is 1. The molecule has 3 N–H and O–H groups in total. The number of ether oxygens (including phenoxy) is 2. The van der Waals surface area contributed by atoms with Crippen molar-refractivity contribution in [1.82, 2.24) is 0 Å². The summed E-state index contributed by atoms with van der Waals surface area (Å²) in [6.45, 7) is 2.12. The van der Waals surface area contributed by atoms with Gasteiger partial charge in [0.25, 0.3) is 0 Å². The summed E-state index contributed by atoms with van der Waals surface area (Å²) >= 11 is 0. The summed E-state index contributed by atoms with van der Waals surface area (Å²) in [5.74, 6) is -2.35. The van der Waals surface area contributed by atoms with Gasteiger partial charge >= 0.3 is 17.9 Å². The third kappa shape index (κ3) is 9.85. The second-order valence-electron chi connectivity index (χ2n) is 7.06. The smallest absolute Gasteiger partial charge is 0.306 e. The SMILES string of the molecule is CCCCCCC[C@@H]1OC(=O)CC[C@@H](OC(=O)CCC(=O)O)C=C[C@@H](O)[C@H]1O. The molecule has 0 unspecified atom stereocenters. The number of hydrogen-bond acceptors (Lipinski definition) is 7. The zero-order valence-corrected chi connectivity index (χ0v) is 16.4. The third-order valence-electron chi connectivity index (χ3n) is 4.59. The molecule has 0 aromatic carbocycles. The highest BCUT2D eigenvalue weighted by Gasteiger charge is 2.29. The van der Waals surface area contributed by atoms with Crippen LogP contribution in [-0.4, -0.2) is 57.6 Å². The maximum absolute atomic E-state index is 12.1. The number of esters is 2. The molecule has 0 saturated heterocycles. The number of carbonyl (C=O) groups excluding carboxylic acids is 2. The van der Waals surface area contributed by atoms with E-state index in [4.69, 9.17) is 14.6 Å². The number of aliphatic carboxylic acids is 1. The Bertz CT molecular complexity index is 530. The van der Waals surface area contributed by atoms with Crippen molar-refractivity contribution < 1.29 is 39.2 Å². The quantitative estimate of drug-likeness (QED) is 0.289. The standard InChI is InChI=1S/C20H32O8/c1-2-3-4-5-6-7-16-20(26)15(21)10-8-14(9-12-19(25)28-16)27-18(24)13-11-17(22)23/h8,10,14-16,20-21,26H,2-7,9,11-13H2,1H3,(H,22,23)/t14-,15+,16-,20+/m0/s1. The van der Waals surface area contributed by atoms with E-state index in [-0.39, 0.29) is 25.7 Å². The van der Waals surface area contributed by atoms with Crippen molar-refractivity contribution in [3.05, 3.63) is 12.2 Å². The van der Waals surface area contributed by atoms with Crippen LogP contribution in [0.3, 0.4) is 0 Å². The van der Waals surface area contributed by atoms with Crippen LogP contribution in [0.4, 0.5) is 0 Å². The topological polar surface area (TPSA) is 130 Å². The van der Waals surface area contributed by atoms with Gasteiger partial charge in [-0.3, -0.25) is 14.4 Å². The first-order chi connectivity index (χ1) is 13.3. The Hall–Kier alpha value is -1.93. The predicted octanol–water partition coefficient (Wildman–Crippen LogP) is 2.11. The number of aliphatic hydroxyl groups is 2. The molecule has 160 valence electrons. The fraction of sp³-hybridized carbons (Fsp3) is 0.750. The Morgan fingerprint density at radius 3 is 2.54 bits per heavy atom. The van der Waals surface area contributed by atoms with Crippen molar-refractivity contribution in [3.63, 3.8) is 0 Å². The van der Waals surface area contributed by atoms with Gasteiger partial charge in [0.15, 0.2) is 0 Å². The first kappa shape index (κ1) is 24.1. The molecular weight excluding hydrogens is 368 g/mol. The number of carboxylic acid groups (broad SMARTS) is 1. The molecule has 0 aromatic rings. The summed E-state index contributed by atoms with van der Waals surface area (Å²) in [6.07, 6.45) is 3.66. The van der Waals surface area contributed by atoms with Crippen LogP contribution >= 0.6 is 0 Å². The summed E-state index contributed by atoms with van der Waals surface area (Å²) in [7, 11) is 0. The van der Waals surface area contributed by atoms with Gasteiger partial charge in [-0.05, 0) is 25.3 Å². The van der Waals surface area contributed by atoms with E-state index in [2.05, 4.69) is 6.92 Å². The van der Waals surface area contributed by atoms with Crippen LogP contribution in [0.2, 0.25) is 0 Å². The lowest BCUT2D eigenvalue weighted by Gasteiger charge is -2.27. The summed E-state index contributed by atoms with van der Waals surface area (Å²) < 4.78 is 10.5. The molecule has 28 heavy (non-hydrogen) atoms. The van der Waals surface area contributed by atoms with Crippen molar-refractivity contribution in [2.24, 2.45) is 0 Å². The fourth-order valence-corrected chi connectivity index (χ4v) is 2.94. The zero-order valence-electron chi connectivity index (χ0n) is 16.4. The van der Waals surface area contributed by atoms with Gasteiger partial charge in [0.1, 0.15) is 24.4 Å². The van der Waals surface area contributed by atoms with E-state index < -0.39 is 42.3 Å². The highest BCUT2D eigenvalue weighted by Crippen LogP contribution is 2.19. The van der Waals surface area contributed by atoms with Crippen LogP contribution in [0.5, 0.6) is 0 Å². The van der Waals surface area contributed by atoms with Gasteiger partial charge in [0.05, 0.1) is 12.8 Å². The van der Waals surface area contributed by atoms with Gasteiger partial charge in [-0.1, -0.05) is 38.7 Å². The lowest BCUT2D eigenvalue weighted by atomic mass is 9.99. The summed E-state index contributed by atoms with van der Waals surface area (Å²) in [6, 6.07) is 0. The van der Waals surface area contributed by atoms with E-state index in [9.17, 15) is 24.6 Å². The number of aliphatic hydroxyl groups excluding tert-OH is 2. The number of rotatable bonds is 10. The van der Waals surface area contributed by atoms with Crippen LogP contribution in [-0.2, 0) is 23.9 Å². The van der Waals surface area contributed by atoms with Crippen LogP contribution in [0.1, 0.15) is 71.1 Å². The minimum atomic E-state index is -1.27. The van der Waals surface area contributed by atoms with Gasteiger partial charge in [-0.25, -0.2) is 0 Å². The first-order valence-electron chi connectivity index (χ1n) is 9.98. The molecule has 1 rings (SSSR count). The molecule has 8 heteroatoms. The largest absolute Gasteiger partial charge is 0.481 e. The Morgan fingerprint density at radius 2 is 1.86 bits per heavy atom. The van der Waals surface area contributed by atoms with Gasteiger partial charge in [0.2, 0.25) is 0 Å². The molecule has 0 aromatic heterocycles. The van der Waals surface area contributed by atoms with Crippen molar-refractivity contribution in [2.75, 3.05) is 0 Å². The number of cyclic esters (lactones) is 1. The molecule has 1 heterocycles. The molecule has 0 bridgehead atoms. The maximum atomic E-state index is 12.1. The maximum Gasteiger partial charge on any atom is 0.306 e. The summed E-state index contributed by atoms with van der Waals surface area (Å²) in [5, 5.41) is 29.1. The molecule has 0 aliphatic carbocycles. The Balaban J connectivity index is 2.65. The van der Waals surface area contributed by atoms with E-state index in [1.165, 1.54) is 12.2 Å². The van der Waals surface area contributed by atoms with Crippen molar-refractivity contribution in [2.45, 2.75) is 95.5 Å². The lowest BCUT2D eigenvalue weighted by molar-refractivity contribution is -0.161. The number of unbranched alkanes of at least 4 members (excludes halogenated alkanes) is 4. The van der Waals surface area contributed by atoms with Crippen molar-refractivity contribution >= 4 is 17.9 Å². The fourth-order valence-electron chi connectivity index (χ4n) is 2.94. The minimum Gasteiger partial charge on any atom is -0.481 e. The molecule has 0 radical (unpaired) electrons. The number of hydrogen-bond donors (Lipinski definition) is 3. The predicted molar refractivity (Wildman–Crippen MR) is 100 cm³/mol. The van der Waals surface area contributed by atoms with Crippen LogP contribution in [0.25, 0.3) is 0 Å². The van der Waals surface area contributed by atoms with Crippen molar-refractivity contribution in [3.8, 4) is 0 Å². The first-order valence-corrected chi connectivity index (χ1v) is 9.98. The van der Waals surface area contributed by atoms with Gasteiger partial charge in [0, 0.05) is 6.42 Å². The Labute approximate surface area is 165 Å². The monoisotopic (exact) mass is 400 g/mol. The average Bonchev–Trinajstić information content (AvgIpc) is 2.65. The molecule has 1 aliphatic rings. The minimum absolute atomic E-state index is 0.0175. The highest BCUT2D eigenvalue weighted by atomic mass is 16.6. The van der Waals surface area contributed by atoms with E-state index in [0.29, 0.717) is 6.42 Å². The van der Waals surface area contributed by atoms with Crippen molar-refractivity contribution in [1.29, 1.82) is 0 Å². The van der Waals surface area contributed by atoms with E-state index >= 15 is 0 Å². The second kappa shape index (κ2) is 13.3. The van der Waals surface area contributed by atoms with E-state index in [0.717, 1.165) is 32.1 Å². The molecule has 4 atom stereocenters. The van der Waals surface area contributed by atoms with E-state index in [1.54, 1.807) is 0 Å². The molecule has 1 aliphatic heterocycles. The molecule has 0 saturated carbocycles. The van der Waals surface area contributed by atoms with E-state index in [1.807, 2.05) is 0 Å². The highest BCUT2D eigenvalue weighted by molar-refractivity contribution is 5.76. The Morgan fingerprint density at radius 1 is 1.14 bits per heavy atom. The molecule has 0 fully saturated rings. The Kier molecular flexibility index (Phi) is 11.4. The normalized spacial score (nSPS) is 25.8. The van der Waals surface area contributed by atoms with Crippen LogP contribution in [0, 0.1) is 0 Å². The van der Waals surface area contributed by atoms with Crippen LogP contribution in [0.15, 0.2) is 12.2 Å². The van der Waals surface area contributed by atoms with Gasteiger partial charge < -0.3 is 24.8 Å². The molecular formula is C20H32O8. The van der Waals surface area contributed by atoms with Gasteiger partial charge in [-0.2, -0.15) is 0 Å². The van der Waals surface area contributed by atoms with Crippen LogP contribution < -0.4 is 0 Å². The zero-order chi connectivity index (χ0) is 20.9. The third-order valence-corrected chi connectivity index (χ3v) is 4.59. The molecule has 8 nitrogen and oxygen atoms in total. The van der Waals surface area contributed by atoms with Gasteiger partial charge in [-0.15, -0.1) is 0 Å².